The van der Waals surface area contributed by atoms with Gasteiger partial charge in [0, 0.05) is 30.7 Å². The summed E-state index contributed by atoms with van der Waals surface area (Å²) in [7, 11) is 0. The highest BCUT2D eigenvalue weighted by atomic mass is 32.1. The molecule has 25 heavy (non-hydrogen) atoms. The Labute approximate surface area is 149 Å². The van der Waals surface area contributed by atoms with Crippen molar-refractivity contribution in [2.45, 2.75) is 32.4 Å². The van der Waals surface area contributed by atoms with Gasteiger partial charge in [-0.05, 0) is 19.8 Å². The standard InChI is InChI=1S/C17H19N5O2S/c1-11-4-19-15(5-18-11)17(24)21-6-12-2-3-14(8-21)22(16(12)23)7-13-9-25-10-20-13/h4-5,9-10,12,14H,2-3,6-8H2,1H3/t12-,14+/m0/s1. The van der Waals surface area contributed by atoms with Crippen LogP contribution >= 0.6 is 11.3 Å². The molecule has 3 aliphatic heterocycles. The second-order valence-electron chi connectivity index (χ2n) is 6.63. The molecule has 5 rings (SSSR count). The molecule has 2 bridgehead atoms. The normalized spacial score (nSPS) is 23.0. The third kappa shape index (κ3) is 3.13. The zero-order chi connectivity index (χ0) is 17.4. The lowest BCUT2D eigenvalue weighted by atomic mass is 9.94. The number of fused-ring (bicyclic) bond motifs is 4. The van der Waals surface area contributed by atoms with Gasteiger partial charge in [0.05, 0.1) is 35.6 Å². The van der Waals surface area contributed by atoms with Crippen LogP contribution in [0.5, 0.6) is 0 Å². The van der Waals surface area contributed by atoms with E-state index in [1.807, 2.05) is 17.2 Å². The highest BCUT2D eigenvalue weighted by molar-refractivity contribution is 7.07. The smallest absolute Gasteiger partial charge is 0.274 e. The van der Waals surface area contributed by atoms with Gasteiger partial charge in [0.15, 0.2) is 0 Å². The second-order valence-corrected chi connectivity index (χ2v) is 7.35. The van der Waals surface area contributed by atoms with E-state index in [4.69, 9.17) is 0 Å². The van der Waals surface area contributed by atoms with Crippen molar-refractivity contribution in [1.82, 2.24) is 24.8 Å². The molecule has 130 valence electrons. The summed E-state index contributed by atoms with van der Waals surface area (Å²) in [6, 6.07) is 0.0373. The number of aryl methyl sites for hydroxylation is 1. The average molecular weight is 357 g/mol. The van der Waals surface area contributed by atoms with Crippen LogP contribution < -0.4 is 0 Å². The molecule has 2 amide bonds. The van der Waals surface area contributed by atoms with Crippen LogP contribution in [-0.2, 0) is 11.3 Å². The first kappa shape index (κ1) is 16.1. The van der Waals surface area contributed by atoms with Crippen molar-refractivity contribution in [2.24, 2.45) is 5.92 Å². The molecule has 2 aromatic rings. The third-order valence-corrected chi connectivity index (χ3v) is 5.53. The second kappa shape index (κ2) is 6.51. The Balaban J connectivity index is 1.55. The van der Waals surface area contributed by atoms with E-state index < -0.39 is 0 Å². The van der Waals surface area contributed by atoms with Gasteiger partial charge in [-0.1, -0.05) is 0 Å². The zero-order valence-electron chi connectivity index (χ0n) is 14.0. The fraction of sp³-hybridized carbons (Fsp3) is 0.471. The Morgan fingerprint density at radius 1 is 1.24 bits per heavy atom. The quantitative estimate of drug-likeness (QED) is 0.832. The van der Waals surface area contributed by atoms with Crippen molar-refractivity contribution in [2.75, 3.05) is 13.1 Å². The Morgan fingerprint density at radius 2 is 2.12 bits per heavy atom. The molecule has 2 atom stereocenters. The van der Waals surface area contributed by atoms with Gasteiger partial charge in [-0.25, -0.2) is 9.97 Å². The van der Waals surface area contributed by atoms with Gasteiger partial charge in [0.2, 0.25) is 5.91 Å². The van der Waals surface area contributed by atoms with E-state index in [0.29, 0.717) is 25.3 Å². The molecule has 3 aliphatic rings. The third-order valence-electron chi connectivity index (χ3n) is 4.90. The van der Waals surface area contributed by atoms with E-state index in [9.17, 15) is 9.59 Å². The first-order valence-corrected chi connectivity index (χ1v) is 9.31. The molecular formula is C17H19N5O2S. The molecule has 3 saturated heterocycles. The predicted molar refractivity (Wildman–Crippen MR) is 91.8 cm³/mol. The van der Waals surface area contributed by atoms with Gasteiger partial charge in [0.1, 0.15) is 5.69 Å². The van der Waals surface area contributed by atoms with Crippen LogP contribution in [0.1, 0.15) is 34.7 Å². The molecule has 0 N–H and O–H groups in total. The number of aromatic nitrogens is 3. The van der Waals surface area contributed by atoms with E-state index in [-0.39, 0.29) is 23.8 Å². The van der Waals surface area contributed by atoms with Crippen LogP contribution in [0.15, 0.2) is 23.3 Å². The lowest BCUT2D eigenvalue weighted by Crippen LogP contribution is -2.47. The molecule has 0 spiro atoms. The number of carbonyl (C=O) groups is 2. The van der Waals surface area contributed by atoms with Gasteiger partial charge in [-0.2, -0.15) is 0 Å². The van der Waals surface area contributed by atoms with Crippen LogP contribution in [0, 0.1) is 12.8 Å². The summed E-state index contributed by atoms with van der Waals surface area (Å²) in [5.41, 5.74) is 3.80. The first-order chi connectivity index (χ1) is 12.1. The van der Waals surface area contributed by atoms with Gasteiger partial charge < -0.3 is 9.80 Å². The molecule has 2 aromatic heterocycles. The molecular weight excluding hydrogens is 338 g/mol. The minimum atomic E-state index is -0.146. The maximum Gasteiger partial charge on any atom is 0.274 e. The van der Waals surface area contributed by atoms with Gasteiger partial charge in [-0.3, -0.25) is 14.6 Å². The lowest BCUT2D eigenvalue weighted by Gasteiger charge is -2.35. The van der Waals surface area contributed by atoms with Gasteiger partial charge in [-0.15, -0.1) is 11.3 Å². The van der Waals surface area contributed by atoms with E-state index in [1.54, 1.807) is 16.6 Å². The highest BCUT2D eigenvalue weighted by Crippen LogP contribution is 2.30. The van der Waals surface area contributed by atoms with Gasteiger partial charge in [0.25, 0.3) is 5.91 Å². The number of carbonyl (C=O) groups excluding carboxylic acids is 2. The summed E-state index contributed by atoms with van der Waals surface area (Å²) in [6.07, 6.45) is 4.86. The van der Waals surface area contributed by atoms with Crippen molar-refractivity contribution in [3.8, 4) is 0 Å². The molecule has 8 heteroatoms. The number of thiazole rings is 1. The van der Waals surface area contributed by atoms with Crippen molar-refractivity contribution in [3.05, 3.63) is 40.4 Å². The van der Waals surface area contributed by atoms with Gasteiger partial charge >= 0.3 is 0 Å². The topological polar surface area (TPSA) is 79.3 Å². The Morgan fingerprint density at radius 3 is 2.84 bits per heavy atom. The summed E-state index contributed by atoms with van der Waals surface area (Å²) >= 11 is 1.53. The van der Waals surface area contributed by atoms with Crippen LogP contribution in [0.3, 0.4) is 0 Å². The number of amides is 2. The number of hydrogen-bond acceptors (Lipinski definition) is 6. The highest BCUT2D eigenvalue weighted by Gasteiger charge is 2.42. The maximum atomic E-state index is 12.8. The molecule has 0 aliphatic carbocycles. The van der Waals surface area contributed by atoms with Crippen LogP contribution in [0.2, 0.25) is 0 Å². The van der Waals surface area contributed by atoms with Crippen molar-refractivity contribution in [3.63, 3.8) is 0 Å². The molecule has 0 unspecified atom stereocenters. The largest absolute Gasteiger partial charge is 0.334 e. The van der Waals surface area contributed by atoms with E-state index in [0.717, 1.165) is 24.2 Å². The maximum absolute atomic E-state index is 12.8. The summed E-state index contributed by atoms with van der Waals surface area (Å²) in [5, 5.41) is 1.97. The summed E-state index contributed by atoms with van der Waals surface area (Å²) in [5.74, 6) is -0.151. The van der Waals surface area contributed by atoms with Crippen molar-refractivity contribution >= 4 is 23.2 Å². The number of rotatable bonds is 3. The molecule has 0 radical (unpaired) electrons. The van der Waals surface area contributed by atoms with E-state index >= 15 is 0 Å². The number of hydrogen-bond donors (Lipinski definition) is 0. The minimum absolute atomic E-state index is 0.0373. The molecule has 3 fully saturated rings. The van der Waals surface area contributed by atoms with Crippen molar-refractivity contribution < 1.29 is 9.59 Å². The molecule has 5 heterocycles. The molecule has 0 aromatic carbocycles. The Hall–Kier alpha value is -2.35. The van der Waals surface area contributed by atoms with Crippen LogP contribution in [0.4, 0.5) is 0 Å². The fourth-order valence-electron chi connectivity index (χ4n) is 3.57. The minimum Gasteiger partial charge on any atom is -0.334 e. The zero-order valence-corrected chi connectivity index (χ0v) is 14.8. The van der Waals surface area contributed by atoms with E-state index in [1.165, 1.54) is 17.5 Å². The summed E-state index contributed by atoms with van der Waals surface area (Å²) in [6.45, 7) is 3.36. The van der Waals surface area contributed by atoms with Crippen LogP contribution in [0.25, 0.3) is 0 Å². The molecule has 7 nitrogen and oxygen atoms in total. The summed E-state index contributed by atoms with van der Waals surface area (Å²) < 4.78 is 0. The number of nitrogens with zero attached hydrogens (tertiary/aromatic N) is 5. The number of piperidine rings is 1. The Bertz CT molecular complexity index is 777. The van der Waals surface area contributed by atoms with E-state index in [2.05, 4.69) is 15.0 Å². The summed E-state index contributed by atoms with van der Waals surface area (Å²) in [4.78, 5) is 41.9. The average Bonchev–Trinajstić information content (AvgIpc) is 2.98. The van der Waals surface area contributed by atoms with Crippen molar-refractivity contribution in [1.29, 1.82) is 0 Å². The Kier molecular flexibility index (Phi) is 4.20. The SMILES string of the molecule is Cc1cnc(C(=O)N2C[C@@H]3CC[C@H](C2)N(Cc2cscn2)C3=O)cn1. The first-order valence-electron chi connectivity index (χ1n) is 8.37. The fourth-order valence-corrected chi connectivity index (χ4v) is 4.12. The lowest BCUT2D eigenvalue weighted by molar-refractivity contribution is -0.140. The monoisotopic (exact) mass is 357 g/mol. The predicted octanol–water partition coefficient (Wildman–Crippen LogP) is 1.50. The van der Waals surface area contributed by atoms with Crippen LogP contribution in [-0.4, -0.2) is 55.7 Å². The molecule has 0 saturated carbocycles.